The van der Waals surface area contributed by atoms with Crippen LogP contribution in [0, 0.1) is 12.3 Å². The van der Waals surface area contributed by atoms with Gasteiger partial charge in [0.15, 0.2) is 0 Å². The Morgan fingerprint density at radius 1 is 1.45 bits per heavy atom. The van der Waals surface area contributed by atoms with Crippen LogP contribution in [0.15, 0.2) is 22.9 Å². The van der Waals surface area contributed by atoms with Gasteiger partial charge in [0.05, 0.1) is 6.42 Å². The Bertz CT molecular complexity index is 620. The van der Waals surface area contributed by atoms with Gasteiger partial charge in [-0.3, -0.25) is 9.78 Å². The van der Waals surface area contributed by atoms with Gasteiger partial charge >= 0.3 is 5.97 Å². The number of pyridine rings is 1. The summed E-state index contributed by atoms with van der Waals surface area (Å²) in [5.41, 5.74) is 1.21. The summed E-state index contributed by atoms with van der Waals surface area (Å²) in [6.45, 7) is 5.64. The minimum atomic E-state index is -0.838. The lowest BCUT2D eigenvalue weighted by Gasteiger charge is -2.19. The largest absolute Gasteiger partial charge is 0.481 e. The van der Waals surface area contributed by atoms with Crippen LogP contribution in [-0.2, 0) is 11.2 Å². The van der Waals surface area contributed by atoms with Crippen LogP contribution in [0.5, 0.6) is 0 Å². The number of carbonyl (C=O) groups is 1. The molecule has 6 heteroatoms. The number of hydrogen-bond donors (Lipinski definition) is 1. The second-order valence-electron chi connectivity index (χ2n) is 5.59. The number of carboxylic acid groups (broad SMARTS) is 1. The fraction of sp³-hybridized carbons (Fsp3) is 0.429. The normalized spacial score (nSPS) is 11.6. The van der Waals surface area contributed by atoms with Gasteiger partial charge in [0.1, 0.15) is 5.69 Å². The average Bonchev–Trinajstić information content (AvgIpc) is 2.75. The minimum absolute atomic E-state index is 0.0489. The quantitative estimate of drug-likeness (QED) is 0.901. The lowest BCUT2D eigenvalue weighted by Crippen LogP contribution is -2.19. The van der Waals surface area contributed by atoms with Crippen LogP contribution in [0.25, 0.3) is 11.5 Å². The minimum Gasteiger partial charge on any atom is -0.481 e. The molecule has 6 nitrogen and oxygen atoms in total. The highest BCUT2D eigenvalue weighted by Gasteiger charge is 2.25. The molecule has 2 rings (SSSR count). The fourth-order valence-corrected chi connectivity index (χ4v) is 2.02. The molecular formula is C14H17N3O3. The first-order valence-electron chi connectivity index (χ1n) is 6.34. The maximum atomic E-state index is 10.8. The van der Waals surface area contributed by atoms with Gasteiger partial charge in [-0.25, -0.2) is 0 Å². The van der Waals surface area contributed by atoms with Crippen LogP contribution in [-0.4, -0.2) is 26.2 Å². The summed E-state index contributed by atoms with van der Waals surface area (Å²) >= 11 is 0. The molecule has 0 aliphatic carbocycles. The summed E-state index contributed by atoms with van der Waals surface area (Å²) in [5.74, 6) is 0.0239. The second-order valence-corrected chi connectivity index (χ2v) is 5.59. The monoisotopic (exact) mass is 275 g/mol. The van der Waals surface area contributed by atoms with E-state index in [-0.39, 0.29) is 6.42 Å². The van der Waals surface area contributed by atoms with Gasteiger partial charge in [0, 0.05) is 12.6 Å². The zero-order valence-corrected chi connectivity index (χ0v) is 11.8. The van der Waals surface area contributed by atoms with Crippen molar-refractivity contribution in [3.05, 3.63) is 29.8 Å². The Balaban J connectivity index is 2.18. The molecule has 0 bridgehead atoms. The van der Waals surface area contributed by atoms with Crippen molar-refractivity contribution in [2.24, 2.45) is 5.41 Å². The van der Waals surface area contributed by atoms with E-state index < -0.39 is 11.4 Å². The highest BCUT2D eigenvalue weighted by Crippen LogP contribution is 2.26. The third-order valence-electron chi connectivity index (χ3n) is 2.95. The summed E-state index contributed by atoms with van der Waals surface area (Å²) in [5, 5.41) is 12.8. The SMILES string of the molecule is Cc1cccnc1-c1noc(CC(C)(C)CC(=O)O)n1. The third-order valence-corrected chi connectivity index (χ3v) is 2.95. The summed E-state index contributed by atoms with van der Waals surface area (Å²) in [4.78, 5) is 19.3. The summed E-state index contributed by atoms with van der Waals surface area (Å²) in [7, 11) is 0. The molecule has 2 aromatic heterocycles. The Morgan fingerprint density at radius 3 is 2.85 bits per heavy atom. The van der Waals surface area contributed by atoms with E-state index in [2.05, 4.69) is 15.1 Å². The van der Waals surface area contributed by atoms with E-state index in [1.165, 1.54) is 0 Å². The zero-order valence-electron chi connectivity index (χ0n) is 11.8. The smallest absolute Gasteiger partial charge is 0.303 e. The lowest BCUT2D eigenvalue weighted by atomic mass is 9.86. The topological polar surface area (TPSA) is 89.1 Å². The maximum Gasteiger partial charge on any atom is 0.303 e. The van der Waals surface area contributed by atoms with Gasteiger partial charge in [0.2, 0.25) is 11.7 Å². The summed E-state index contributed by atoms with van der Waals surface area (Å²) in [6.07, 6.45) is 2.14. The van der Waals surface area contributed by atoms with Crippen LogP contribution >= 0.6 is 0 Å². The van der Waals surface area contributed by atoms with Crippen LogP contribution < -0.4 is 0 Å². The van der Waals surface area contributed by atoms with Crippen LogP contribution in [0.3, 0.4) is 0 Å². The van der Waals surface area contributed by atoms with Crippen LogP contribution in [0.2, 0.25) is 0 Å². The average molecular weight is 275 g/mol. The number of hydrogen-bond acceptors (Lipinski definition) is 5. The number of nitrogens with zero attached hydrogens (tertiary/aromatic N) is 3. The molecule has 0 spiro atoms. The van der Waals surface area contributed by atoms with E-state index in [1.807, 2.05) is 32.9 Å². The molecule has 0 aliphatic heterocycles. The zero-order chi connectivity index (χ0) is 14.8. The first-order valence-corrected chi connectivity index (χ1v) is 6.34. The Kier molecular flexibility index (Phi) is 3.83. The predicted octanol–water partition coefficient (Wildman–Crippen LogP) is 2.48. The van der Waals surface area contributed by atoms with Gasteiger partial charge < -0.3 is 9.63 Å². The Hall–Kier alpha value is -2.24. The van der Waals surface area contributed by atoms with E-state index >= 15 is 0 Å². The summed E-state index contributed by atoms with van der Waals surface area (Å²) < 4.78 is 5.20. The maximum absolute atomic E-state index is 10.8. The van der Waals surface area contributed by atoms with Crippen molar-refractivity contribution in [2.45, 2.75) is 33.6 Å². The highest BCUT2D eigenvalue weighted by atomic mass is 16.5. The molecule has 0 aliphatic rings. The van der Waals surface area contributed by atoms with Gasteiger partial charge in [0.25, 0.3) is 0 Å². The van der Waals surface area contributed by atoms with Crippen molar-refractivity contribution in [3.63, 3.8) is 0 Å². The van der Waals surface area contributed by atoms with Gasteiger partial charge in [-0.15, -0.1) is 0 Å². The van der Waals surface area contributed by atoms with Crippen molar-refractivity contribution < 1.29 is 14.4 Å². The molecular weight excluding hydrogens is 258 g/mol. The van der Waals surface area contributed by atoms with E-state index in [1.54, 1.807) is 6.20 Å². The molecule has 20 heavy (non-hydrogen) atoms. The molecule has 0 radical (unpaired) electrons. The van der Waals surface area contributed by atoms with Crippen molar-refractivity contribution in [1.82, 2.24) is 15.1 Å². The van der Waals surface area contributed by atoms with E-state index in [9.17, 15) is 4.79 Å². The molecule has 0 saturated heterocycles. The van der Waals surface area contributed by atoms with Crippen molar-refractivity contribution >= 4 is 5.97 Å². The van der Waals surface area contributed by atoms with Gasteiger partial charge in [-0.1, -0.05) is 25.1 Å². The van der Waals surface area contributed by atoms with E-state index in [4.69, 9.17) is 9.63 Å². The van der Waals surface area contributed by atoms with E-state index in [0.29, 0.717) is 23.8 Å². The predicted molar refractivity (Wildman–Crippen MR) is 72.0 cm³/mol. The molecule has 2 aromatic rings. The molecule has 106 valence electrons. The molecule has 0 unspecified atom stereocenters. The first-order chi connectivity index (χ1) is 9.37. The number of rotatable bonds is 5. The standard InChI is InChI=1S/C14H17N3O3/c1-9-5-4-6-15-12(9)13-16-10(20-17-13)7-14(2,3)8-11(18)19/h4-6H,7-8H2,1-3H3,(H,18,19). The number of carboxylic acids is 1. The molecule has 2 heterocycles. The van der Waals surface area contributed by atoms with Crippen LogP contribution in [0.1, 0.15) is 31.7 Å². The molecule has 1 N–H and O–H groups in total. The Labute approximate surface area is 116 Å². The Morgan fingerprint density at radius 2 is 2.20 bits per heavy atom. The van der Waals surface area contributed by atoms with Gasteiger partial charge in [-0.05, 0) is 24.0 Å². The molecule has 0 fully saturated rings. The van der Waals surface area contributed by atoms with E-state index in [0.717, 1.165) is 5.56 Å². The third kappa shape index (κ3) is 3.40. The molecule has 0 aromatic carbocycles. The molecule has 0 amide bonds. The van der Waals surface area contributed by atoms with Crippen molar-refractivity contribution in [3.8, 4) is 11.5 Å². The number of aromatic nitrogens is 3. The van der Waals surface area contributed by atoms with Crippen LogP contribution in [0.4, 0.5) is 0 Å². The highest BCUT2D eigenvalue weighted by molar-refractivity contribution is 5.67. The number of aliphatic carboxylic acids is 1. The van der Waals surface area contributed by atoms with Crippen molar-refractivity contribution in [2.75, 3.05) is 0 Å². The number of aryl methyl sites for hydroxylation is 1. The molecule has 0 atom stereocenters. The van der Waals surface area contributed by atoms with Gasteiger partial charge in [-0.2, -0.15) is 4.98 Å². The summed E-state index contributed by atoms with van der Waals surface area (Å²) in [6, 6.07) is 3.77. The first kappa shape index (κ1) is 14.2. The molecule has 0 saturated carbocycles. The fourth-order valence-electron chi connectivity index (χ4n) is 2.02. The second kappa shape index (κ2) is 5.40. The van der Waals surface area contributed by atoms with Crippen molar-refractivity contribution in [1.29, 1.82) is 0 Å². The lowest BCUT2D eigenvalue weighted by molar-refractivity contribution is -0.139.